The van der Waals surface area contributed by atoms with Gasteiger partial charge < -0.3 is 16.0 Å². The molecule has 1 aliphatic heterocycles. The Morgan fingerprint density at radius 2 is 2.12 bits per heavy atom. The number of piperidine rings is 1. The fourth-order valence-corrected chi connectivity index (χ4v) is 3.11. The Hall–Kier alpha value is -2.54. The maximum absolute atomic E-state index is 12.4. The van der Waals surface area contributed by atoms with Gasteiger partial charge in [0.15, 0.2) is 0 Å². The van der Waals surface area contributed by atoms with Crippen LogP contribution in [0.2, 0.25) is 5.02 Å². The largest absolute Gasteiger partial charge is 0.369 e. The Morgan fingerprint density at radius 1 is 1.36 bits per heavy atom. The van der Waals surface area contributed by atoms with Crippen LogP contribution in [0.5, 0.6) is 0 Å². The third kappa shape index (κ3) is 4.11. The molecule has 0 spiro atoms. The lowest BCUT2D eigenvalue weighted by atomic mass is 9.98. The second kappa shape index (κ2) is 7.57. The first-order chi connectivity index (χ1) is 12.0. The van der Waals surface area contributed by atoms with Gasteiger partial charge in [0.25, 0.3) is 0 Å². The Balaban J connectivity index is 1.62. The molecule has 3 amide bonds. The molecule has 0 aliphatic carbocycles. The molecule has 4 N–H and O–H groups in total. The van der Waals surface area contributed by atoms with E-state index in [1.807, 2.05) is 12.1 Å². The lowest BCUT2D eigenvalue weighted by Crippen LogP contribution is -2.47. The molecule has 132 valence electrons. The van der Waals surface area contributed by atoms with Gasteiger partial charge in [-0.3, -0.25) is 9.89 Å². The van der Waals surface area contributed by atoms with Gasteiger partial charge in [0.1, 0.15) is 0 Å². The van der Waals surface area contributed by atoms with E-state index in [2.05, 4.69) is 15.5 Å². The summed E-state index contributed by atoms with van der Waals surface area (Å²) in [5.41, 5.74) is 8.01. The Kier molecular flexibility index (Phi) is 5.23. The average molecular weight is 362 g/mol. The number of carbonyl (C=O) groups is 2. The number of nitrogens with one attached hydrogen (secondary N) is 2. The topological polar surface area (TPSA) is 104 Å². The van der Waals surface area contributed by atoms with E-state index < -0.39 is 0 Å². The summed E-state index contributed by atoms with van der Waals surface area (Å²) in [4.78, 5) is 25.3. The molecule has 3 rings (SSSR count). The number of aromatic nitrogens is 2. The minimum Gasteiger partial charge on any atom is -0.369 e. The van der Waals surface area contributed by atoms with Crippen LogP contribution >= 0.6 is 11.6 Å². The van der Waals surface area contributed by atoms with Gasteiger partial charge in [-0.1, -0.05) is 23.7 Å². The summed E-state index contributed by atoms with van der Waals surface area (Å²) in [5.74, 6) is -0.615. The van der Waals surface area contributed by atoms with Crippen LogP contribution in [0.1, 0.15) is 18.4 Å². The number of amides is 3. The van der Waals surface area contributed by atoms with Crippen molar-refractivity contribution in [2.24, 2.45) is 11.7 Å². The monoisotopic (exact) mass is 361 g/mol. The second-order valence-corrected chi connectivity index (χ2v) is 6.56. The lowest BCUT2D eigenvalue weighted by molar-refractivity contribution is -0.123. The quantitative estimate of drug-likeness (QED) is 0.777. The van der Waals surface area contributed by atoms with Crippen LogP contribution in [-0.2, 0) is 11.3 Å². The number of nitrogens with two attached hydrogens (primary N) is 1. The van der Waals surface area contributed by atoms with Crippen molar-refractivity contribution < 1.29 is 9.59 Å². The molecule has 8 heteroatoms. The van der Waals surface area contributed by atoms with E-state index in [4.69, 9.17) is 17.3 Å². The first kappa shape index (κ1) is 17.3. The van der Waals surface area contributed by atoms with Crippen LogP contribution in [0.4, 0.5) is 4.79 Å². The van der Waals surface area contributed by atoms with Gasteiger partial charge in [-0.25, -0.2) is 4.79 Å². The van der Waals surface area contributed by atoms with Crippen molar-refractivity contribution in [1.82, 2.24) is 20.4 Å². The number of halogens is 1. The summed E-state index contributed by atoms with van der Waals surface area (Å²) in [5, 5.41) is 10.6. The Labute approximate surface area is 150 Å². The van der Waals surface area contributed by atoms with Gasteiger partial charge in [-0.05, 0) is 30.5 Å². The van der Waals surface area contributed by atoms with Crippen LogP contribution in [0, 0.1) is 5.92 Å². The van der Waals surface area contributed by atoms with Gasteiger partial charge in [0, 0.05) is 30.2 Å². The van der Waals surface area contributed by atoms with Crippen LogP contribution in [0.25, 0.3) is 11.3 Å². The normalized spacial score (nSPS) is 17.3. The standard InChI is InChI=1S/C17H20ClN5O2/c18-14-5-3-11(4-6-14)15-13(9-21-22-15)8-20-17(25)23-7-1-2-12(10-23)16(19)24/h3-6,9,12H,1-2,7-8,10H2,(H2,19,24)(H,20,25)(H,21,22). The van der Waals surface area contributed by atoms with Crippen molar-refractivity contribution in [2.45, 2.75) is 19.4 Å². The van der Waals surface area contributed by atoms with Gasteiger partial charge >= 0.3 is 6.03 Å². The fourth-order valence-electron chi connectivity index (χ4n) is 2.99. The number of carbonyl (C=O) groups excluding carboxylic acids is 2. The lowest BCUT2D eigenvalue weighted by Gasteiger charge is -2.31. The number of nitrogens with zero attached hydrogens (tertiary/aromatic N) is 2. The number of aromatic amines is 1. The summed E-state index contributed by atoms with van der Waals surface area (Å²) in [6, 6.07) is 7.19. The van der Waals surface area contributed by atoms with E-state index in [1.54, 1.807) is 23.2 Å². The number of benzene rings is 1. The minimum absolute atomic E-state index is 0.200. The van der Waals surface area contributed by atoms with Crippen molar-refractivity contribution in [3.05, 3.63) is 41.0 Å². The predicted octanol–water partition coefficient (Wildman–Crippen LogP) is 2.14. The maximum Gasteiger partial charge on any atom is 0.317 e. The number of hydrogen-bond acceptors (Lipinski definition) is 3. The molecule has 7 nitrogen and oxygen atoms in total. The Bertz CT molecular complexity index is 759. The van der Waals surface area contributed by atoms with Crippen molar-refractivity contribution in [1.29, 1.82) is 0 Å². The predicted molar refractivity (Wildman–Crippen MR) is 94.8 cm³/mol. The van der Waals surface area contributed by atoms with Gasteiger partial charge in [0.05, 0.1) is 17.8 Å². The van der Waals surface area contributed by atoms with E-state index in [0.717, 1.165) is 29.7 Å². The third-order valence-corrected chi connectivity index (χ3v) is 4.64. The number of H-pyrrole nitrogens is 1. The highest BCUT2D eigenvalue weighted by molar-refractivity contribution is 6.30. The number of hydrogen-bond donors (Lipinski definition) is 3. The molecule has 1 aliphatic rings. The zero-order valence-electron chi connectivity index (χ0n) is 13.7. The molecular weight excluding hydrogens is 342 g/mol. The van der Waals surface area contributed by atoms with Gasteiger partial charge in [0.2, 0.25) is 5.91 Å². The molecular formula is C17H20ClN5O2. The highest BCUT2D eigenvalue weighted by Crippen LogP contribution is 2.23. The minimum atomic E-state index is -0.350. The number of urea groups is 1. The maximum atomic E-state index is 12.4. The van der Waals surface area contributed by atoms with Gasteiger partial charge in [-0.15, -0.1) is 0 Å². The van der Waals surface area contributed by atoms with Crippen molar-refractivity contribution in [2.75, 3.05) is 13.1 Å². The van der Waals surface area contributed by atoms with Crippen molar-refractivity contribution in [3.8, 4) is 11.3 Å². The summed E-state index contributed by atoms with van der Waals surface area (Å²) in [6.45, 7) is 1.34. The molecule has 1 fully saturated rings. The highest BCUT2D eigenvalue weighted by Gasteiger charge is 2.26. The van der Waals surface area contributed by atoms with Crippen LogP contribution in [0.3, 0.4) is 0 Å². The second-order valence-electron chi connectivity index (χ2n) is 6.12. The molecule has 1 aromatic carbocycles. The third-order valence-electron chi connectivity index (χ3n) is 4.39. The Morgan fingerprint density at radius 3 is 2.84 bits per heavy atom. The molecule has 0 saturated carbocycles. The van der Waals surface area contributed by atoms with Crippen LogP contribution in [-0.4, -0.2) is 40.1 Å². The smallest absolute Gasteiger partial charge is 0.317 e. The molecule has 1 unspecified atom stereocenters. The van der Waals surface area contributed by atoms with Crippen LogP contribution in [0.15, 0.2) is 30.5 Å². The molecule has 1 aromatic heterocycles. The molecule has 25 heavy (non-hydrogen) atoms. The first-order valence-corrected chi connectivity index (χ1v) is 8.52. The number of likely N-dealkylation sites (tertiary alicyclic amines) is 1. The summed E-state index contributed by atoms with van der Waals surface area (Å²) in [6.07, 6.45) is 3.21. The van der Waals surface area contributed by atoms with E-state index >= 15 is 0 Å². The van der Waals surface area contributed by atoms with E-state index in [0.29, 0.717) is 24.7 Å². The van der Waals surface area contributed by atoms with Crippen LogP contribution < -0.4 is 11.1 Å². The fraction of sp³-hybridized carbons (Fsp3) is 0.353. The van der Waals surface area contributed by atoms with Crippen molar-refractivity contribution in [3.63, 3.8) is 0 Å². The highest BCUT2D eigenvalue weighted by atomic mass is 35.5. The molecule has 2 aromatic rings. The number of primary amides is 1. The summed E-state index contributed by atoms with van der Waals surface area (Å²) < 4.78 is 0. The first-order valence-electron chi connectivity index (χ1n) is 8.15. The molecule has 1 atom stereocenters. The molecule has 0 bridgehead atoms. The molecule has 1 saturated heterocycles. The van der Waals surface area contributed by atoms with Crippen molar-refractivity contribution >= 4 is 23.5 Å². The summed E-state index contributed by atoms with van der Waals surface area (Å²) in [7, 11) is 0. The van der Waals surface area contributed by atoms with E-state index in [-0.39, 0.29) is 17.9 Å². The number of rotatable bonds is 4. The zero-order valence-corrected chi connectivity index (χ0v) is 14.4. The molecule has 0 radical (unpaired) electrons. The molecule has 2 heterocycles. The van der Waals surface area contributed by atoms with Gasteiger partial charge in [-0.2, -0.15) is 5.10 Å². The SMILES string of the molecule is NC(=O)C1CCCN(C(=O)NCc2cn[nH]c2-c2ccc(Cl)cc2)C1. The average Bonchev–Trinajstić information content (AvgIpc) is 3.09. The van der Waals surface area contributed by atoms with E-state index in [9.17, 15) is 9.59 Å². The van der Waals surface area contributed by atoms with E-state index in [1.165, 1.54) is 0 Å². The zero-order chi connectivity index (χ0) is 17.8. The summed E-state index contributed by atoms with van der Waals surface area (Å²) >= 11 is 5.91.